The minimum absolute atomic E-state index is 0.169. The number of aromatic nitrogens is 3. The van der Waals surface area contributed by atoms with Gasteiger partial charge < -0.3 is 9.84 Å². The summed E-state index contributed by atoms with van der Waals surface area (Å²) in [6.45, 7) is 1.84. The Kier molecular flexibility index (Phi) is 5.54. The van der Waals surface area contributed by atoms with Crippen LogP contribution in [0.15, 0.2) is 65.4 Å². The van der Waals surface area contributed by atoms with E-state index < -0.39 is 0 Å². The average molecular weight is 423 g/mol. The summed E-state index contributed by atoms with van der Waals surface area (Å²) in [5.41, 5.74) is 3.29. The van der Waals surface area contributed by atoms with Crippen molar-refractivity contribution in [3.63, 3.8) is 0 Å². The van der Waals surface area contributed by atoms with Crippen molar-refractivity contribution in [1.82, 2.24) is 20.4 Å². The van der Waals surface area contributed by atoms with E-state index in [2.05, 4.69) is 20.4 Å². The molecule has 0 aliphatic carbocycles. The van der Waals surface area contributed by atoms with Crippen molar-refractivity contribution in [1.29, 1.82) is 0 Å². The zero-order valence-electron chi connectivity index (χ0n) is 15.9. The van der Waals surface area contributed by atoms with Crippen molar-refractivity contribution < 1.29 is 13.7 Å². The summed E-state index contributed by atoms with van der Waals surface area (Å²) in [4.78, 5) is 21.3. The Morgan fingerprint density at radius 2 is 1.90 bits per heavy atom. The molecule has 30 heavy (non-hydrogen) atoms. The van der Waals surface area contributed by atoms with Gasteiger partial charge in [-0.05, 0) is 43.3 Å². The number of benzene rings is 2. The number of halogens is 2. The highest BCUT2D eigenvalue weighted by molar-refractivity contribution is 6.33. The predicted molar refractivity (Wildman–Crippen MR) is 110 cm³/mol. The van der Waals surface area contributed by atoms with Crippen LogP contribution in [0.2, 0.25) is 5.02 Å². The number of nitrogens with zero attached hydrogens (tertiary/aromatic N) is 3. The second-order valence-corrected chi connectivity index (χ2v) is 6.93. The van der Waals surface area contributed by atoms with Crippen LogP contribution in [-0.4, -0.2) is 21.0 Å². The number of aryl methyl sites for hydroxylation is 1. The van der Waals surface area contributed by atoms with E-state index >= 15 is 0 Å². The average Bonchev–Trinajstić information content (AvgIpc) is 3.14. The van der Waals surface area contributed by atoms with Crippen LogP contribution in [0.1, 0.15) is 21.8 Å². The van der Waals surface area contributed by atoms with E-state index in [9.17, 15) is 9.18 Å². The summed E-state index contributed by atoms with van der Waals surface area (Å²) in [6, 6.07) is 14.8. The van der Waals surface area contributed by atoms with E-state index in [0.29, 0.717) is 39.0 Å². The lowest BCUT2D eigenvalue weighted by molar-refractivity contribution is 0.0949. The Morgan fingerprint density at radius 1 is 1.13 bits per heavy atom. The van der Waals surface area contributed by atoms with Gasteiger partial charge >= 0.3 is 0 Å². The first-order chi connectivity index (χ1) is 14.5. The molecule has 0 saturated heterocycles. The van der Waals surface area contributed by atoms with Gasteiger partial charge in [-0.15, -0.1) is 0 Å². The highest BCUT2D eigenvalue weighted by Crippen LogP contribution is 2.31. The van der Waals surface area contributed by atoms with Crippen LogP contribution in [-0.2, 0) is 6.54 Å². The largest absolute Gasteiger partial charge is 0.360 e. The fourth-order valence-electron chi connectivity index (χ4n) is 3.01. The number of carbonyl (C=O) groups is 1. The van der Waals surface area contributed by atoms with Crippen LogP contribution in [0.3, 0.4) is 0 Å². The Morgan fingerprint density at radius 3 is 2.67 bits per heavy atom. The number of hydrogen-bond acceptors (Lipinski definition) is 5. The van der Waals surface area contributed by atoms with E-state index in [1.165, 1.54) is 18.5 Å². The maximum absolute atomic E-state index is 13.1. The molecule has 0 bridgehead atoms. The molecule has 4 rings (SSSR count). The quantitative estimate of drug-likeness (QED) is 0.498. The van der Waals surface area contributed by atoms with Crippen LogP contribution in [0.25, 0.3) is 22.5 Å². The first-order valence-corrected chi connectivity index (χ1v) is 9.47. The van der Waals surface area contributed by atoms with Gasteiger partial charge in [0.25, 0.3) is 5.91 Å². The molecule has 0 aliphatic heterocycles. The zero-order chi connectivity index (χ0) is 21.1. The molecular formula is C22H16ClFN4O2. The first kappa shape index (κ1) is 19.7. The van der Waals surface area contributed by atoms with E-state index in [4.69, 9.17) is 16.1 Å². The van der Waals surface area contributed by atoms with Crippen molar-refractivity contribution in [3.8, 4) is 22.5 Å². The molecule has 0 radical (unpaired) electrons. The highest BCUT2D eigenvalue weighted by Gasteiger charge is 2.23. The van der Waals surface area contributed by atoms with Crippen molar-refractivity contribution in [2.24, 2.45) is 0 Å². The van der Waals surface area contributed by atoms with E-state index in [1.54, 1.807) is 43.3 Å². The number of hydrogen-bond donors (Lipinski definition) is 1. The van der Waals surface area contributed by atoms with Gasteiger partial charge in [0.15, 0.2) is 0 Å². The molecule has 2 heterocycles. The van der Waals surface area contributed by atoms with Gasteiger partial charge in [0.05, 0.1) is 23.0 Å². The molecule has 0 saturated carbocycles. The smallest absolute Gasteiger partial charge is 0.257 e. The molecule has 0 aliphatic rings. The zero-order valence-corrected chi connectivity index (χ0v) is 16.7. The van der Waals surface area contributed by atoms with Crippen molar-refractivity contribution in [2.75, 3.05) is 0 Å². The molecule has 2 aromatic heterocycles. The summed E-state index contributed by atoms with van der Waals surface area (Å²) in [5, 5.41) is 7.31. The number of amides is 1. The fourth-order valence-corrected chi connectivity index (χ4v) is 3.23. The van der Waals surface area contributed by atoms with E-state index in [0.717, 1.165) is 5.56 Å². The van der Waals surface area contributed by atoms with Crippen LogP contribution in [0.5, 0.6) is 0 Å². The van der Waals surface area contributed by atoms with Crippen LogP contribution in [0, 0.1) is 12.7 Å². The van der Waals surface area contributed by atoms with Crippen LogP contribution in [0.4, 0.5) is 4.39 Å². The monoisotopic (exact) mass is 422 g/mol. The predicted octanol–water partition coefficient (Wildman–Crippen LogP) is 4.83. The maximum atomic E-state index is 13.1. The van der Waals surface area contributed by atoms with E-state index in [1.807, 2.05) is 6.07 Å². The Hall–Kier alpha value is -3.58. The van der Waals surface area contributed by atoms with Gasteiger partial charge in [0.2, 0.25) is 0 Å². The second kappa shape index (κ2) is 8.42. The normalized spacial score (nSPS) is 10.8. The van der Waals surface area contributed by atoms with Crippen molar-refractivity contribution in [3.05, 3.63) is 88.8 Å². The lowest BCUT2D eigenvalue weighted by atomic mass is 10.1. The number of carbonyl (C=O) groups excluding carboxylic acids is 1. The minimum atomic E-state index is -0.356. The van der Waals surface area contributed by atoms with Gasteiger partial charge in [0, 0.05) is 11.1 Å². The molecular weight excluding hydrogens is 407 g/mol. The summed E-state index contributed by atoms with van der Waals surface area (Å²) >= 11 is 6.25. The minimum Gasteiger partial charge on any atom is -0.360 e. The molecule has 150 valence electrons. The fraction of sp³-hybridized carbons (Fsp3) is 0.0909. The Labute approximate surface area is 176 Å². The van der Waals surface area contributed by atoms with Gasteiger partial charge in [-0.1, -0.05) is 35.0 Å². The number of rotatable bonds is 5. The van der Waals surface area contributed by atoms with Crippen molar-refractivity contribution >= 4 is 17.5 Å². The SMILES string of the molecule is Cc1onc(-c2ccccc2Cl)c1C(=O)NCc1cc(-c2ccc(F)cc2)ncn1. The summed E-state index contributed by atoms with van der Waals surface area (Å²) in [5.74, 6) is -0.290. The lowest BCUT2D eigenvalue weighted by Gasteiger charge is -2.07. The molecule has 0 spiro atoms. The molecule has 2 aromatic carbocycles. The molecule has 4 aromatic rings. The van der Waals surface area contributed by atoms with Crippen LogP contribution < -0.4 is 5.32 Å². The Balaban J connectivity index is 1.54. The maximum Gasteiger partial charge on any atom is 0.257 e. The van der Waals surface area contributed by atoms with Crippen LogP contribution >= 0.6 is 11.6 Å². The molecule has 6 nitrogen and oxygen atoms in total. The van der Waals surface area contributed by atoms with Gasteiger partial charge in [-0.3, -0.25) is 4.79 Å². The molecule has 1 amide bonds. The molecule has 0 unspecified atom stereocenters. The van der Waals surface area contributed by atoms with Gasteiger partial charge in [-0.2, -0.15) is 0 Å². The highest BCUT2D eigenvalue weighted by atomic mass is 35.5. The van der Waals surface area contributed by atoms with Gasteiger partial charge in [-0.25, -0.2) is 14.4 Å². The van der Waals surface area contributed by atoms with Crippen molar-refractivity contribution in [2.45, 2.75) is 13.5 Å². The molecule has 1 N–H and O–H groups in total. The van der Waals surface area contributed by atoms with Gasteiger partial charge in [0.1, 0.15) is 29.2 Å². The molecule has 8 heteroatoms. The molecule has 0 fully saturated rings. The first-order valence-electron chi connectivity index (χ1n) is 9.09. The third kappa shape index (κ3) is 4.06. The summed E-state index contributed by atoms with van der Waals surface area (Å²) < 4.78 is 18.4. The summed E-state index contributed by atoms with van der Waals surface area (Å²) in [6.07, 6.45) is 1.40. The topological polar surface area (TPSA) is 80.9 Å². The second-order valence-electron chi connectivity index (χ2n) is 6.53. The Bertz CT molecular complexity index is 1210. The van der Waals surface area contributed by atoms with E-state index in [-0.39, 0.29) is 18.3 Å². The molecule has 0 atom stereocenters. The lowest BCUT2D eigenvalue weighted by Crippen LogP contribution is -2.24. The summed E-state index contributed by atoms with van der Waals surface area (Å²) in [7, 11) is 0. The third-order valence-electron chi connectivity index (χ3n) is 4.51. The number of nitrogens with one attached hydrogen (secondary N) is 1. The standard InChI is InChI=1S/C22H16ClFN4O2/c1-13-20(21(28-30-13)17-4-2-3-5-18(17)23)22(29)25-11-16-10-19(27-12-26-16)14-6-8-15(24)9-7-14/h2-10,12H,11H2,1H3,(H,25,29). The third-order valence-corrected chi connectivity index (χ3v) is 4.84.